The van der Waals surface area contributed by atoms with Gasteiger partial charge in [0.15, 0.2) is 0 Å². The third-order valence-corrected chi connectivity index (χ3v) is 4.18. The summed E-state index contributed by atoms with van der Waals surface area (Å²) in [4.78, 5) is 4.56. The van der Waals surface area contributed by atoms with Gasteiger partial charge in [-0.1, -0.05) is 0 Å². The summed E-state index contributed by atoms with van der Waals surface area (Å²) in [5.41, 5.74) is 1.77. The largest absolute Gasteiger partial charge is 0.435 e. The molecule has 0 unspecified atom stereocenters. The summed E-state index contributed by atoms with van der Waals surface area (Å²) < 4.78 is 28.5. The first-order valence-corrected chi connectivity index (χ1v) is 7.79. The highest BCUT2D eigenvalue weighted by Crippen LogP contribution is 2.28. The normalized spacial score (nSPS) is 14.6. The summed E-state index contributed by atoms with van der Waals surface area (Å²) in [5, 5.41) is 6.43. The SMILES string of the molecule is FC(F)Oc1ccc(-c2csc(CNCC3CC3)n2)cc1. The molecule has 112 valence electrons. The third kappa shape index (κ3) is 4.22. The summed E-state index contributed by atoms with van der Waals surface area (Å²) in [6, 6.07) is 6.56. The number of alkyl halides is 2. The molecule has 0 radical (unpaired) electrons. The highest BCUT2D eigenvalue weighted by atomic mass is 32.1. The van der Waals surface area contributed by atoms with Gasteiger partial charge in [-0.15, -0.1) is 11.3 Å². The van der Waals surface area contributed by atoms with E-state index in [1.807, 2.05) is 5.38 Å². The molecule has 1 aliphatic carbocycles. The number of nitrogens with one attached hydrogen (secondary N) is 1. The van der Waals surface area contributed by atoms with Gasteiger partial charge in [-0.2, -0.15) is 8.78 Å². The monoisotopic (exact) mass is 310 g/mol. The number of rotatable bonds is 7. The Morgan fingerprint density at radius 3 is 2.71 bits per heavy atom. The lowest BCUT2D eigenvalue weighted by atomic mass is 10.2. The summed E-state index contributed by atoms with van der Waals surface area (Å²) in [6.45, 7) is -0.943. The molecule has 0 bridgehead atoms. The number of halogens is 2. The fraction of sp³-hybridized carbons (Fsp3) is 0.400. The Balaban J connectivity index is 1.59. The minimum atomic E-state index is -2.79. The Morgan fingerprint density at radius 1 is 1.29 bits per heavy atom. The number of thiazole rings is 1. The van der Waals surface area contributed by atoms with Crippen molar-refractivity contribution >= 4 is 11.3 Å². The van der Waals surface area contributed by atoms with Crippen LogP contribution in [-0.2, 0) is 6.54 Å². The Bertz CT molecular complexity index is 582. The van der Waals surface area contributed by atoms with Crippen LogP contribution in [0.3, 0.4) is 0 Å². The van der Waals surface area contributed by atoms with E-state index in [0.717, 1.165) is 35.3 Å². The molecule has 21 heavy (non-hydrogen) atoms. The van der Waals surface area contributed by atoms with Crippen molar-refractivity contribution in [3.05, 3.63) is 34.7 Å². The molecule has 0 atom stereocenters. The van der Waals surface area contributed by atoms with Crippen molar-refractivity contribution in [2.45, 2.75) is 26.0 Å². The van der Waals surface area contributed by atoms with Gasteiger partial charge < -0.3 is 10.1 Å². The first-order chi connectivity index (χ1) is 10.2. The number of hydrogen-bond donors (Lipinski definition) is 1. The average Bonchev–Trinajstić information content (AvgIpc) is 3.16. The first-order valence-electron chi connectivity index (χ1n) is 6.91. The van der Waals surface area contributed by atoms with Crippen LogP contribution >= 0.6 is 11.3 Å². The molecule has 0 amide bonds. The van der Waals surface area contributed by atoms with Gasteiger partial charge in [-0.25, -0.2) is 4.98 Å². The van der Waals surface area contributed by atoms with Crippen molar-refractivity contribution in [3.63, 3.8) is 0 Å². The lowest BCUT2D eigenvalue weighted by Gasteiger charge is -2.04. The maximum absolute atomic E-state index is 12.1. The standard InChI is InChI=1S/C15H16F2N2OS/c16-15(17)20-12-5-3-11(4-6-12)13-9-21-14(19-13)8-18-7-10-1-2-10/h3-6,9-10,15,18H,1-2,7-8H2. The molecule has 0 saturated heterocycles. The van der Waals surface area contributed by atoms with Crippen LogP contribution in [0.4, 0.5) is 8.78 Å². The molecular formula is C15H16F2N2OS. The van der Waals surface area contributed by atoms with E-state index in [9.17, 15) is 8.78 Å². The molecule has 6 heteroatoms. The summed E-state index contributed by atoms with van der Waals surface area (Å²) in [6.07, 6.45) is 2.67. The average molecular weight is 310 g/mol. The molecular weight excluding hydrogens is 294 g/mol. The summed E-state index contributed by atoms with van der Waals surface area (Å²) in [5.74, 6) is 1.02. The summed E-state index contributed by atoms with van der Waals surface area (Å²) >= 11 is 1.61. The van der Waals surface area contributed by atoms with Crippen LogP contribution in [0.2, 0.25) is 0 Å². The molecule has 0 spiro atoms. The van der Waals surface area contributed by atoms with E-state index < -0.39 is 6.61 Å². The fourth-order valence-electron chi connectivity index (χ4n) is 2.04. The second-order valence-electron chi connectivity index (χ2n) is 5.10. The van der Waals surface area contributed by atoms with Crippen molar-refractivity contribution in [1.29, 1.82) is 0 Å². The number of hydrogen-bond acceptors (Lipinski definition) is 4. The van der Waals surface area contributed by atoms with Crippen LogP contribution in [0.5, 0.6) is 5.75 Å². The van der Waals surface area contributed by atoms with Crippen molar-refractivity contribution < 1.29 is 13.5 Å². The molecule has 1 aromatic heterocycles. The van der Waals surface area contributed by atoms with Crippen LogP contribution in [0.1, 0.15) is 17.8 Å². The maximum atomic E-state index is 12.1. The lowest BCUT2D eigenvalue weighted by molar-refractivity contribution is -0.0498. The number of nitrogens with zero attached hydrogens (tertiary/aromatic N) is 1. The van der Waals surface area contributed by atoms with Gasteiger partial charge in [0.25, 0.3) is 0 Å². The molecule has 1 heterocycles. The van der Waals surface area contributed by atoms with Gasteiger partial charge in [0.1, 0.15) is 10.8 Å². The van der Waals surface area contributed by atoms with E-state index in [1.54, 1.807) is 23.5 Å². The van der Waals surface area contributed by atoms with Crippen LogP contribution in [0.25, 0.3) is 11.3 Å². The topological polar surface area (TPSA) is 34.1 Å². The van der Waals surface area contributed by atoms with E-state index in [4.69, 9.17) is 0 Å². The predicted octanol–water partition coefficient (Wildman–Crippen LogP) is 3.91. The fourth-order valence-corrected chi connectivity index (χ4v) is 2.81. The van der Waals surface area contributed by atoms with E-state index in [1.165, 1.54) is 25.0 Å². The van der Waals surface area contributed by atoms with Crippen LogP contribution < -0.4 is 10.1 Å². The Labute approximate surface area is 126 Å². The van der Waals surface area contributed by atoms with Crippen molar-refractivity contribution in [1.82, 2.24) is 10.3 Å². The smallest absolute Gasteiger partial charge is 0.387 e. The molecule has 1 saturated carbocycles. The van der Waals surface area contributed by atoms with Gasteiger partial charge in [-0.05, 0) is 49.6 Å². The molecule has 1 aromatic carbocycles. The van der Waals surface area contributed by atoms with Crippen LogP contribution in [-0.4, -0.2) is 18.1 Å². The Kier molecular flexibility index (Phi) is 4.45. The maximum Gasteiger partial charge on any atom is 0.387 e. The molecule has 3 nitrogen and oxygen atoms in total. The Hall–Kier alpha value is -1.53. The quantitative estimate of drug-likeness (QED) is 0.842. The molecule has 2 aromatic rings. The molecule has 0 aliphatic heterocycles. The number of ether oxygens (including phenoxy) is 1. The van der Waals surface area contributed by atoms with E-state index >= 15 is 0 Å². The number of aromatic nitrogens is 1. The van der Waals surface area contributed by atoms with Gasteiger partial charge in [0.05, 0.1) is 5.69 Å². The predicted molar refractivity (Wildman–Crippen MR) is 78.6 cm³/mol. The van der Waals surface area contributed by atoms with Crippen LogP contribution in [0, 0.1) is 5.92 Å². The van der Waals surface area contributed by atoms with E-state index in [0.29, 0.717) is 0 Å². The van der Waals surface area contributed by atoms with E-state index in [2.05, 4.69) is 15.0 Å². The second kappa shape index (κ2) is 6.49. The van der Waals surface area contributed by atoms with Crippen molar-refractivity contribution in [3.8, 4) is 17.0 Å². The molecule has 3 rings (SSSR count). The summed E-state index contributed by atoms with van der Waals surface area (Å²) in [7, 11) is 0. The van der Waals surface area contributed by atoms with E-state index in [-0.39, 0.29) is 5.75 Å². The molecule has 1 fully saturated rings. The van der Waals surface area contributed by atoms with Crippen molar-refractivity contribution in [2.75, 3.05) is 6.54 Å². The van der Waals surface area contributed by atoms with Gasteiger partial charge in [0, 0.05) is 17.5 Å². The molecule has 1 N–H and O–H groups in total. The Morgan fingerprint density at radius 2 is 2.05 bits per heavy atom. The van der Waals surface area contributed by atoms with Gasteiger partial charge >= 0.3 is 6.61 Å². The molecule has 1 aliphatic rings. The zero-order chi connectivity index (χ0) is 14.7. The van der Waals surface area contributed by atoms with Crippen molar-refractivity contribution in [2.24, 2.45) is 5.92 Å². The van der Waals surface area contributed by atoms with Gasteiger partial charge in [0.2, 0.25) is 0 Å². The zero-order valence-corrected chi connectivity index (χ0v) is 12.2. The highest BCUT2D eigenvalue weighted by molar-refractivity contribution is 7.09. The zero-order valence-electron chi connectivity index (χ0n) is 11.4. The first kappa shape index (κ1) is 14.4. The second-order valence-corrected chi connectivity index (χ2v) is 6.05. The van der Waals surface area contributed by atoms with Crippen LogP contribution in [0.15, 0.2) is 29.6 Å². The lowest BCUT2D eigenvalue weighted by Crippen LogP contribution is -2.15. The highest BCUT2D eigenvalue weighted by Gasteiger charge is 2.20. The third-order valence-electron chi connectivity index (χ3n) is 3.33. The number of benzene rings is 1. The minimum absolute atomic E-state index is 0.162. The minimum Gasteiger partial charge on any atom is -0.435 e. The van der Waals surface area contributed by atoms with Gasteiger partial charge in [-0.3, -0.25) is 0 Å².